The first-order valence-electron chi connectivity index (χ1n) is 16.1. The molecule has 27 heteroatoms. The van der Waals surface area contributed by atoms with Crippen molar-refractivity contribution in [2.24, 2.45) is 0 Å². The van der Waals surface area contributed by atoms with E-state index in [2.05, 4.69) is 43.5 Å². The smallest absolute Gasteiger partial charge is 0.280 e. The number of hydrogen-bond donors (Lipinski definition) is 7. The number of aromatic amines is 1. The molecule has 47 heavy (non-hydrogen) atoms. The van der Waals surface area contributed by atoms with Gasteiger partial charge in [0.05, 0.1) is 36.7 Å². The number of quaternary nitrogens is 2. The highest BCUT2D eigenvalue weighted by Gasteiger charge is 2.51. The second-order valence-electron chi connectivity index (χ2n) is 9.13. The molecule has 3 fully saturated rings. The van der Waals surface area contributed by atoms with Crippen LogP contribution >= 0.6 is 15.6 Å². The average Bonchev–Trinajstić information content (AvgIpc) is 3.72. The molecule has 0 aromatic carbocycles. The summed E-state index contributed by atoms with van der Waals surface area (Å²) < 4.78 is 126. The zero-order valence-electron chi connectivity index (χ0n) is 31.6. The summed E-state index contributed by atoms with van der Waals surface area (Å²) >= 11 is 0. The van der Waals surface area contributed by atoms with Gasteiger partial charge in [0.15, 0.2) is 35.1 Å². The third kappa shape index (κ3) is 6.14. The van der Waals surface area contributed by atoms with Gasteiger partial charge in [0, 0.05) is 0 Å². The van der Waals surface area contributed by atoms with Gasteiger partial charge in [-0.2, -0.15) is 4.98 Å². The van der Waals surface area contributed by atoms with Gasteiger partial charge in [-0.05, 0) is 0 Å². The maximum Gasteiger partial charge on any atom is 0.280 e. The first-order valence-corrected chi connectivity index (χ1v) is 15.0. The summed E-state index contributed by atoms with van der Waals surface area (Å²) in [5.74, 6) is -0.821. The summed E-state index contributed by atoms with van der Waals surface area (Å²) in [6.07, 6.45) is -25.0. The van der Waals surface area contributed by atoms with Crippen LogP contribution in [0.3, 0.4) is 0 Å². The number of imidazole rings is 2. The van der Waals surface area contributed by atoms with E-state index in [1.807, 2.05) is 0 Å². The number of phosphoric acid groups is 2. The van der Waals surface area contributed by atoms with E-state index in [1.54, 1.807) is 0 Å². The highest BCUT2D eigenvalue weighted by atomic mass is 31.2. The Kier molecular flexibility index (Phi) is 6.78. The molecule has 258 valence electrons. The van der Waals surface area contributed by atoms with Crippen molar-refractivity contribution in [3.8, 4) is 0 Å². The van der Waals surface area contributed by atoms with Gasteiger partial charge < -0.3 is 71.3 Å². The number of nitrogen functional groups attached to an aromatic ring is 2. The first-order chi connectivity index (χ1) is 24.2. The number of aliphatic hydroxyl groups is 2. The molecule has 0 aliphatic carbocycles. The van der Waals surface area contributed by atoms with Crippen LogP contribution in [0.25, 0.3) is 22.3 Å². The Balaban J connectivity index is 0.00000290. The van der Waals surface area contributed by atoms with E-state index in [-0.39, 0.29) is 29.3 Å². The Hall–Kier alpha value is -3.52. The number of nitrogens with two attached hydrogens (primary N) is 2. The standard InChI is InChI=1S/C20H24N10O13P2.2H3N/c21-14-8-15(24-3-23-14)29(4-25-8)18-11(32)12-7(41-18)2-39-45(36,37)43-13-10(31)6(1-38-44(34,35)42-12)40-19(13)30-5-26-9-16(30)27-20(22)28-17(9)33;;/h3-7,10-13,18-19,31-32H,1-2H2,(H,34,35)(H,36,37)(H2,21,23,24)(H3,22,27,28,33);2*1H3/t6-,7-,10-,11-,12-,13-,18-,19-;;/m1../s1/i1D2,2D2,6D,7D,10D,12D;;. The molecule has 0 radical (unpaired) electrons. The summed E-state index contributed by atoms with van der Waals surface area (Å²) in [6.45, 7) is -8.78. The van der Waals surface area contributed by atoms with Crippen LogP contribution < -0.4 is 39.1 Å². The molecule has 7 rings (SSSR count). The fourth-order valence-corrected chi connectivity index (χ4v) is 5.84. The number of phosphoric ester groups is 2. The molecule has 2 bridgehead atoms. The maximum atomic E-state index is 13.5. The van der Waals surface area contributed by atoms with Crippen molar-refractivity contribution in [3.63, 3.8) is 0 Å². The quantitative estimate of drug-likeness (QED) is 0.103. The molecular formula is C20H30N12O13P2. The normalized spacial score (nSPS) is 47.0. The molecule has 2 unspecified atom stereocenters. The number of nitrogens with zero attached hydrogens (tertiary/aromatic N) is 7. The van der Waals surface area contributed by atoms with Gasteiger partial charge in [0.2, 0.25) is 5.95 Å². The van der Waals surface area contributed by atoms with Crippen molar-refractivity contribution in [3.05, 3.63) is 29.3 Å². The summed E-state index contributed by atoms with van der Waals surface area (Å²) in [7, 11) is -13.3. The number of fused-ring (bicyclic) bond motifs is 5. The van der Waals surface area contributed by atoms with Crippen LogP contribution in [0, 0.1) is 0 Å². The first kappa shape index (κ1) is 25.5. The van der Waals surface area contributed by atoms with Crippen LogP contribution in [-0.2, 0) is 36.7 Å². The van der Waals surface area contributed by atoms with Gasteiger partial charge in [-0.25, -0.2) is 19.9 Å². The molecule has 25 nitrogen and oxygen atoms in total. The minimum Gasteiger partial charge on any atom is -0.756 e. The molecule has 3 saturated heterocycles. The van der Waals surface area contributed by atoms with E-state index in [4.69, 9.17) is 36.4 Å². The molecule has 4 aromatic rings. The monoisotopic (exact) mass is 716 g/mol. The molecule has 0 saturated carbocycles. The number of aliphatic hydroxyl groups excluding tert-OH is 1. The van der Waals surface area contributed by atoms with Crippen LogP contribution in [0.4, 0.5) is 11.8 Å². The third-order valence-electron chi connectivity index (χ3n) is 6.34. The van der Waals surface area contributed by atoms with Crippen molar-refractivity contribution in [2.45, 2.75) is 49.0 Å². The van der Waals surface area contributed by atoms with Gasteiger partial charge in [-0.1, -0.05) is 0 Å². The predicted molar refractivity (Wildman–Crippen MR) is 151 cm³/mol. The molecule has 15 N–H and O–H groups in total. The van der Waals surface area contributed by atoms with Gasteiger partial charge in [0.25, 0.3) is 21.2 Å². The van der Waals surface area contributed by atoms with E-state index in [9.17, 15) is 33.9 Å². The number of aromatic nitrogens is 8. The fourth-order valence-electron chi connectivity index (χ4n) is 4.45. The summed E-state index contributed by atoms with van der Waals surface area (Å²) in [6, 6.07) is 0. The molecule has 0 spiro atoms. The van der Waals surface area contributed by atoms with Gasteiger partial charge in [0.1, 0.15) is 48.4 Å². The van der Waals surface area contributed by atoms with Crippen molar-refractivity contribution < 1.29 is 67.7 Å². The molecule has 4 aromatic heterocycles. The highest BCUT2D eigenvalue weighted by Crippen LogP contribution is 2.51. The second-order valence-corrected chi connectivity index (χ2v) is 11.7. The Morgan fingerprint density at radius 1 is 0.936 bits per heavy atom. The van der Waals surface area contributed by atoms with Crippen LogP contribution in [-0.4, -0.2) is 98.9 Å². The average molecular weight is 717 g/mol. The number of H-pyrrole nitrogens is 1. The number of hydrogen-bond acceptors (Lipinski definition) is 20. The molecule has 7 heterocycles. The number of rotatable bonds is 2. The van der Waals surface area contributed by atoms with Crippen molar-refractivity contribution in [1.82, 2.24) is 51.3 Å². The molecular weight excluding hydrogens is 678 g/mol. The lowest BCUT2D eigenvalue weighted by molar-refractivity contribution is -0.240. The van der Waals surface area contributed by atoms with E-state index in [1.165, 1.54) is 0 Å². The van der Waals surface area contributed by atoms with Crippen molar-refractivity contribution >= 4 is 49.7 Å². The number of nitrogens with one attached hydrogen (secondary N) is 1. The lowest BCUT2D eigenvalue weighted by Gasteiger charge is -2.32. The molecule has 0 amide bonds. The van der Waals surface area contributed by atoms with Crippen LogP contribution in [0.5, 0.6) is 0 Å². The van der Waals surface area contributed by atoms with Crippen LogP contribution in [0.15, 0.2) is 23.8 Å². The van der Waals surface area contributed by atoms with Gasteiger partial charge in [-0.15, -0.1) is 0 Å². The Morgan fingerprint density at radius 3 is 2.28 bits per heavy atom. The Morgan fingerprint density at radius 2 is 1.55 bits per heavy atom. The summed E-state index contributed by atoms with van der Waals surface area (Å²) in [4.78, 5) is 60.4. The minimum absolute atomic E-state index is 0. The Labute approximate surface area is 272 Å². The van der Waals surface area contributed by atoms with E-state index < -0.39 is 100 Å². The second kappa shape index (κ2) is 12.5. The highest BCUT2D eigenvalue weighted by molar-refractivity contribution is 7.46. The summed E-state index contributed by atoms with van der Waals surface area (Å²) in [5, 5.41) is 22.6. The third-order valence-corrected chi connectivity index (χ3v) is 7.88. The zero-order valence-corrected chi connectivity index (χ0v) is 25.4. The lowest BCUT2D eigenvalue weighted by atomic mass is 10.1. The number of anilines is 2. The molecule has 3 aliphatic rings. The van der Waals surface area contributed by atoms with Gasteiger partial charge in [-0.3, -0.25) is 28.0 Å². The minimum atomic E-state index is -6.74. The largest absolute Gasteiger partial charge is 0.756 e. The van der Waals surface area contributed by atoms with Crippen LogP contribution in [0.2, 0.25) is 0 Å². The van der Waals surface area contributed by atoms with Crippen molar-refractivity contribution in [1.29, 1.82) is 0 Å². The van der Waals surface area contributed by atoms with E-state index in [0.717, 1.165) is 12.7 Å². The molecule has 10 atom stereocenters. The van der Waals surface area contributed by atoms with Crippen molar-refractivity contribution in [2.75, 3.05) is 24.6 Å². The zero-order chi connectivity index (χ0) is 39.1. The predicted octanol–water partition coefficient (Wildman–Crippen LogP) is -2.85. The Bertz CT molecular complexity index is 2340. The van der Waals surface area contributed by atoms with E-state index in [0.29, 0.717) is 15.5 Å². The van der Waals surface area contributed by atoms with E-state index >= 15 is 0 Å². The van der Waals surface area contributed by atoms with Crippen LogP contribution in [0.1, 0.15) is 23.4 Å². The molecule has 3 aliphatic heterocycles. The lowest BCUT2D eigenvalue weighted by Crippen LogP contribution is -2.37. The fraction of sp³-hybridized carbons (Fsp3) is 0.500. The summed E-state index contributed by atoms with van der Waals surface area (Å²) in [5.41, 5.74) is 8.71. The maximum absolute atomic E-state index is 13.5. The number of ether oxygens (including phenoxy) is 2. The topological polar surface area (TPSA) is 408 Å². The SMILES string of the molecule is [2H]C1([2H])OP(=O)([O-])O[C@@]2([2H])[C@@H](O)[C@H](n3cnc4c(N)ncnc43)O[C@]2([2H])C([2H])([2H])OP(=O)([O-])O[C@H]2[C@H](n3cnc4c(=O)[nH]c(N)nc43)O[C@@]1([2H])[C@@]2([2H])O.[NH4+].[NH4+]. The van der Waals surface area contributed by atoms with Gasteiger partial charge >= 0.3 is 0 Å².